The van der Waals surface area contributed by atoms with E-state index in [1.54, 1.807) is 31.0 Å². The number of fused-ring (bicyclic) bond motifs is 1. The molecule has 0 bridgehead atoms. The minimum absolute atomic E-state index is 0.0161. The summed E-state index contributed by atoms with van der Waals surface area (Å²) >= 11 is 0. The summed E-state index contributed by atoms with van der Waals surface area (Å²) in [5.41, 5.74) is 1.21. The van der Waals surface area contributed by atoms with E-state index in [0.717, 1.165) is 25.3 Å². The number of hydrogen-bond donors (Lipinski definition) is 1. The van der Waals surface area contributed by atoms with E-state index in [4.69, 9.17) is 14.6 Å². The van der Waals surface area contributed by atoms with E-state index in [-0.39, 0.29) is 30.4 Å². The van der Waals surface area contributed by atoms with E-state index in [9.17, 15) is 22.8 Å². The van der Waals surface area contributed by atoms with E-state index in [0.29, 0.717) is 6.42 Å². The minimum Gasteiger partial charge on any atom is -0.497 e. The van der Waals surface area contributed by atoms with Crippen LogP contribution < -0.4 is 4.74 Å². The number of amides is 2. The second kappa shape index (κ2) is 9.99. The van der Waals surface area contributed by atoms with E-state index >= 15 is 0 Å². The lowest BCUT2D eigenvalue weighted by molar-refractivity contribution is -0.192. The van der Waals surface area contributed by atoms with Gasteiger partial charge in [0.1, 0.15) is 12.3 Å². The quantitative estimate of drug-likeness (QED) is 0.741. The number of carbonyl (C=O) groups is 3. The first-order valence-corrected chi connectivity index (χ1v) is 9.60. The number of likely N-dealkylation sites (N-methyl/N-ethyl adjacent to an activating group) is 1. The van der Waals surface area contributed by atoms with Gasteiger partial charge >= 0.3 is 12.1 Å². The Morgan fingerprint density at radius 1 is 1.19 bits per heavy atom. The zero-order valence-corrected chi connectivity index (χ0v) is 17.6. The van der Waals surface area contributed by atoms with E-state index in [2.05, 4.69) is 17.0 Å². The monoisotopic (exact) mass is 445 g/mol. The third kappa shape index (κ3) is 6.33. The number of carbonyl (C=O) groups excluding carboxylic acids is 2. The summed E-state index contributed by atoms with van der Waals surface area (Å²) in [5.74, 6) is -1.83. The first-order valence-electron chi connectivity index (χ1n) is 9.60. The first-order chi connectivity index (χ1) is 14.4. The van der Waals surface area contributed by atoms with Gasteiger partial charge in [-0.25, -0.2) is 4.79 Å². The Morgan fingerprint density at radius 3 is 2.26 bits per heavy atom. The number of nitrogens with zero attached hydrogens (tertiary/aromatic N) is 3. The van der Waals surface area contributed by atoms with Gasteiger partial charge in [0.15, 0.2) is 0 Å². The molecule has 1 aromatic carbocycles. The molecule has 1 N–H and O–H groups in total. The van der Waals surface area contributed by atoms with Crippen LogP contribution in [0.15, 0.2) is 24.3 Å². The molecular formula is C20H26F3N3O5. The van der Waals surface area contributed by atoms with Crippen molar-refractivity contribution < 1.29 is 37.4 Å². The third-order valence-electron chi connectivity index (χ3n) is 5.32. The first kappa shape index (κ1) is 24.4. The second-order valence-electron chi connectivity index (χ2n) is 7.56. The fourth-order valence-corrected chi connectivity index (χ4v) is 3.66. The van der Waals surface area contributed by atoms with Crippen LogP contribution in [-0.4, -0.2) is 90.1 Å². The maximum Gasteiger partial charge on any atom is 0.490 e. The number of carboxylic acid groups (broad SMARTS) is 1. The van der Waals surface area contributed by atoms with E-state index < -0.39 is 12.1 Å². The second-order valence-corrected chi connectivity index (χ2v) is 7.56. The molecule has 31 heavy (non-hydrogen) atoms. The fraction of sp³-hybridized carbons (Fsp3) is 0.550. The van der Waals surface area contributed by atoms with Crippen LogP contribution in [0.1, 0.15) is 18.4 Å². The van der Waals surface area contributed by atoms with Crippen molar-refractivity contribution in [2.24, 2.45) is 0 Å². The molecule has 0 unspecified atom stereocenters. The highest BCUT2D eigenvalue weighted by molar-refractivity contribution is 5.87. The Balaban J connectivity index is 0.000000423. The minimum atomic E-state index is -5.08. The highest BCUT2D eigenvalue weighted by atomic mass is 19.4. The Morgan fingerprint density at radius 2 is 1.77 bits per heavy atom. The lowest BCUT2D eigenvalue weighted by Crippen LogP contribution is -2.43. The van der Waals surface area contributed by atoms with Gasteiger partial charge in [-0.2, -0.15) is 13.2 Å². The molecule has 2 fully saturated rings. The van der Waals surface area contributed by atoms with Crippen molar-refractivity contribution in [1.29, 1.82) is 0 Å². The zero-order valence-electron chi connectivity index (χ0n) is 17.6. The number of alkyl halides is 3. The number of methoxy groups -OCH3 is 1. The molecule has 2 saturated heterocycles. The van der Waals surface area contributed by atoms with Crippen molar-refractivity contribution in [3.05, 3.63) is 29.8 Å². The van der Waals surface area contributed by atoms with Crippen molar-refractivity contribution >= 4 is 17.8 Å². The zero-order chi connectivity index (χ0) is 23.3. The number of aliphatic carboxylic acids is 1. The number of likely N-dealkylation sites (tertiary alicyclic amines) is 2. The van der Waals surface area contributed by atoms with Gasteiger partial charge in [0.2, 0.25) is 11.8 Å². The smallest absolute Gasteiger partial charge is 0.490 e. The molecule has 3 rings (SSSR count). The van der Waals surface area contributed by atoms with Crippen LogP contribution in [0.5, 0.6) is 5.75 Å². The maximum absolute atomic E-state index is 12.3. The predicted octanol–water partition coefficient (Wildman–Crippen LogP) is 1.59. The molecule has 172 valence electrons. The van der Waals surface area contributed by atoms with Gasteiger partial charge in [-0.15, -0.1) is 0 Å². The molecule has 0 aliphatic carbocycles. The van der Waals surface area contributed by atoms with Gasteiger partial charge in [-0.1, -0.05) is 12.1 Å². The Hall–Kier alpha value is -2.82. The molecule has 8 nitrogen and oxygen atoms in total. The summed E-state index contributed by atoms with van der Waals surface area (Å²) in [7, 11) is 5.11. The van der Waals surface area contributed by atoms with Crippen LogP contribution in [0.3, 0.4) is 0 Å². The van der Waals surface area contributed by atoms with Gasteiger partial charge in [0, 0.05) is 45.7 Å². The molecule has 2 amide bonds. The average Bonchev–Trinajstić information content (AvgIpc) is 3.21. The molecule has 2 aliphatic heterocycles. The van der Waals surface area contributed by atoms with Gasteiger partial charge in [-0.05, 0) is 24.1 Å². The number of benzene rings is 1. The summed E-state index contributed by atoms with van der Waals surface area (Å²) in [6.45, 7) is 1.98. The molecule has 1 aromatic rings. The molecule has 0 saturated carbocycles. The SMILES string of the molecule is COc1ccc(CN2CC[C@H]3[C@H]2CC(=O)N3CC(=O)N(C)C)cc1.O=C(O)C(F)(F)F. The molecule has 11 heteroatoms. The maximum atomic E-state index is 12.3. The van der Waals surface area contributed by atoms with Crippen molar-refractivity contribution in [2.45, 2.75) is 37.6 Å². The molecule has 0 aromatic heterocycles. The van der Waals surface area contributed by atoms with E-state index in [1.807, 2.05) is 12.1 Å². The molecule has 0 radical (unpaired) electrons. The average molecular weight is 445 g/mol. The molecule has 2 atom stereocenters. The van der Waals surface area contributed by atoms with Crippen molar-refractivity contribution in [2.75, 3.05) is 34.3 Å². The van der Waals surface area contributed by atoms with Gasteiger partial charge < -0.3 is 19.6 Å². The van der Waals surface area contributed by atoms with Gasteiger partial charge in [0.05, 0.1) is 7.11 Å². The topological polar surface area (TPSA) is 90.4 Å². The van der Waals surface area contributed by atoms with Crippen molar-refractivity contribution in [3.8, 4) is 5.75 Å². The standard InChI is InChI=1S/C18H25N3O3.C2HF3O2/c1-19(2)18(23)12-21-15-8-9-20(16(15)10-17(21)22)11-13-4-6-14(24-3)7-5-13;3-2(4,5)1(6)7/h4-7,15-16H,8-12H2,1-3H3;(H,6,7)/t15-,16+;/m0./s1. The number of carboxylic acids is 1. The lowest BCUT2D eigenvalue weighted by atomic mass is 10.1. The summed E-state index contributed by atoms with van der Waals surface area (Å²) in [4.78, 5) is 38.9. The highest BCUT2D eigenvalue weighted by Crippen LogP contribution is 2.33. The third-order valence-corrected chi connectivity index (χ3v) is 5.32. The molecule has 2 aliphatic rings. The van der Waals surface area contributed by atoms with Crippen LogP contribution >= 0.6 is 0 Å². The molecule has 0 spiro atoms. The largest absolute Gasteiger partial charge is 0.497 e. The van der Waals surface area contributed by atoms with Crippen molar-refractivity contribution in [3.63, 3.8) is 0 Å². The summed E-state index contributed by atoms with van der Waals surface area (Å²) < 4.78 is 36.9. The number of rotatable bonds is 5. The Bertz CT molecular complexity index is 798. The summed E-state index contributed by atoms with van der Waals surface area (Å²) in [6, 6.07) is 8.44. The van der Waals surface area contributed by atoms with Crippen LogP contribution in [0, 0.1) is 0 Å². The van der Waals surface area contributed by atoms with Crippen LogP contribution in [0.2, 0.25) is 0 Å². The summed E-state index contributed by atoms with van der Waals surface area (Å²) in [6.07, 6.45) is -3.63. The number of halogens is 3. The van der Waals surface area contributed by atoms with E-state index in [1.165, 1.54) is 5.56 Å². The Kier molecular flexibility index (Phi) is 7.88. The van der Waals surface area contributed by atoms with Crippen LogP contribution in [0.4, 0.5) is 13.2 Å². The predicted molar refractivity (Wildman–Crippen MR) is 104 cm³/mol. The highest BCUT2D eigenvalue weighted by Gasteiger charge is 2.47. The van der Waals surface area contributed by atoms with Crippen LogP contribution in [0.25, 0.3) is 0 Å². The normalized spacial score (nSPS) is 20.7. The molecular weight excluding hydrogens is 419 g/mol. The lowest BCUT2D eigenvalue weighted by Gasteiger charge is -2.26. The van der Waals surface area contributed by atoms with Crippen molar-refractivity contribution in [1.82, 2.24) is 14.7 Å². The van der Waals surface area contributed by atoms with Gasteiger partial charge in [0.25, 0.3) is 0 Å². The Labute approximate surface area is 178 Å². The van der Waals surface area contributed by atoms with Gasteiger partial charge in [-0.3, -0.25) is 14.5 Å². The molecule has 2 heterocycles. The number of hydrogen-bond acceptors (Lipinski definition) is 5. The number of ether oxygens (including phenoxy) is 1. The van der Waals surface area contributed by atoms with Crippen LogP contribution in [-0.2, 0) is 20.9 Å². The summed E-state index contributed by atoms with van der Waals surface area (Å²) in [5, 5.41) is 7.12. The fourth-order valence-electron chi connectivity index (χ4n) is 3.66.